The van der Waals surface area contributed by atoms with Crippen molar-refractivity contribution in [3.63, 3.8) is 0 Å². The van der Waals surface area contributed by atoms with Crippen LogP contribution in [-0.2, 0) is 20.9 Å². The Hall–Kier alpha value is -1.88. The van der Waals surface area contributed by atoms with Gasteiger partial charge >= 0.3 is 11.9 Å². The van der Waals surface area contributed by atoms with Gasteiger partial charge < -0.3 is 9.84 Å². The summed E-state index contributed by atoms with van der Waals surface area (Å²) in [7, 11) is 0. The van der Waals surface area contributed by atoms with Crippen molar-refractivity contribution >= 4 is 11.9 Å². The Kier molecular flexibility index (Phi) is 6.73. The fourth-order valence-corrected chi connectivity index (χ4v) is 1.74. The standard InChI is InChI=1S/C15H21NO4/c1-11(2)8-13(15(18)19)16-9-14(17)20-10-12-6-4-3-5-7-12/h3-7,11,13,16H,8-10H2,1-2H3,(H,18,19). The maximum Gasteiger partial charge on any atom is 0.320 e. The van der Waals surface area contributed by atoms with E-state index in [4.69, 9.17) is 9.84 Å². The van der Waals surface area contributed by atoms with Gasteiger partial charge in [0, 0.05) is 0 Å². The summed E-state index contributed by atoms with van der Waals surface area (Å²) in [5, 5.41) is 11.7. The topological polar surface area (TPSA) is 75.6 Å². The SMILES string of the molecule is CC(C)CC(NCC(=O)OCc1ccccc1)C(=O)O. The Morgan fingerprint density at radius 3 is 2.45 bits per heavy atom. The highest BCUT2D eigenvalue weighted by Gasteiger charge is 2.19. The molecular weight excluding hydrogens is 258 g/mol. The maximum atomic E-state index is 11.6. The van der Waals surface area contributed by atoms with E-state index in [0.717, 1.165) is 5.56 Å². The molecule has 1 aromatic rings. The molecule has 1 atom stereocenters. The molecule has 0 aliphatic rings. The maximum absolute atomic E-state index is 11.6. The van der Waals surface area contributed by atoms with Crippen LogP contribution in [0.25, 0.3) is 0 Å². The largest absolute Gasteiger partial charge is 0.480 e. The van der Waals surface area contributed by atoms with E-state index in [1.54, 1.807) is 0 Å². The van der Waals surface area contributed by atoms with Gasteiger partial charge in [0.25, 0.3) is 0 Å². The van der Waals surface area contributed by atoms with E-state index in [9.17, 15) is 9.59 Å². The lowest BCUT2D eigenvalue weighted by Gasteiger charge is -2.15. The Balaban J connectivity index is 2.32. The van der Waals surface area contributed by atoms with Crippen molar-refractivity contribution in [3.05, 3.63) is 35.9 Å². The molecule has 0 aliphatic carbocycles. The third-order valence-corrected chi connectivity index (χ3v) is 2.74. The monoisotopic (exact) mass is 279 g/mol. The van der Waals surface area contributed by atoms with Gasteiger partial charge in [-0.25, -0.2) is 0 Å². The van der Waals surface area contributed by atoms with E-state index in [-0.39, 0.29) is 19.1 Å². The zero-order chi connectivity index (χ0) is 15.0. The molecule has 0 spiro atoms. The minimum atomic E-state index is -0.949. The number of hydrogen-bond acceptors (Lipinski definition) is 4. The van der Waals surface area contributed by atoms with Crippen LogP contribution < -0.4 is 5.32 Å². The summed E-state index contributed by atoms with van der Waals surface area (Å²) in [4.78, 5) is 22.6. The highest BCUT2D eigenvalue weighted by molar-refractivity contribution is 5.76. The van der Waals surface area contributed by atoms with Crippen molar-refractivity contribution < 1.29 is 19.4 Å². The number of nitrogens with one attached hydrogen (secondary N) is 1. The predicted octanol–water partition coefficient (Wildman–Crippen LogP) is 1.82. The number of carboxylic acid groups (broad SMARTS) is 1. The number of rotatable bonds is 8. The van der Waals surface area contributed by atoms with Gasteiger partial charge in [0.15, 0.2) is 0 Å². The van der Waals surface area contributed by atoms with Crippen molar-refractivity contribution in [2.45, 2.75) is 32.9 Å². The van der Waals surface area contributed by atoms with Crippen LogP contribution in [0.5, 0.6) is 0 Å². The summed E-state index contributed by atoms with van der Waals surface area (Å²) < 4.78 is 5.07. The van der Waals surface area contributed by atoms with Crippen LogP contribution in [0.15, 0.2) is 30.3 Å². The third-order valence-electron chi connectivity index (χ3n) is 2.74. The van der Waals surface area contributed by atoms with Gasteiger partial charge in [-0.2, -0.15) is 0 Å². The van der Waals surface area contributed by atoms with Gasteiger partial charge in [0.2, 0.25) is 0 Å². The molecule has 5 heteroatoms. The van der Waals surface area contributed by atoms with Gasteiger partial charge in [-0.1, -0.05) is 44.2 Å². The summed E-state index contributed by atoms with van der Waals surface area (Å²) in [6, 6.07) is 8.61. The molecule has 1 aromatic carbocycles. The molecular formula is C15H21NO4. The zero-order valence-corrected chi connectivity index (χ0v) is 11.8. The van der Waals surface area contributed by atoms with E-state index < -0.39 is 18.0 Å². The van der Waals surface area contributed by atoms with Crippen LogP contribution >= 0.6 is 0 Å². The van der Waals surface area contributed by atoms with E-state index in [0.29, 0.717) is 6.42 Å². The molecule has 1 rings (SSSR count). The van der Waals surface area contributed by atoms with Gasteiger partial charge in [-0.3, -0.25) is 14.9 Å². The molecule has 0 bridgehead atoms. The molecule has 110 valence electrons. The van der Waals surface area contributed by atoms with Gasteiger partial charge in [-0.05, 0) is 17.9 Å². The number of carboxylic acids is 1. The molecule has 1 unspecified atom stereocenters. The Morgan fingerprint density at radius 1 is 1.25 bits per heavy atom. The average molecular weight is 279 g/mol. The van der Waals surface area contributed by atoms with Crippen LogP contribution in [0.4, 0.5) is 0 Å². The molecule has 0 saturated carbocycles. The van der Waals surface area contributed by atoms with Crippen LogP contribution in [0.3, 0.4) is 0 Å². The van der Waals surface area contributed by atoms with Crippen LogP contribution in [0.2, 0.25) is 0 Å². The van der Waals surface area contributed by atoms with E-state index in [2.05, 4.69) is 5.32 Å². The Bertz CT molecular complexity index is 431. The van der Waals surface area contributed by atoms with E-state index in [1.807, 2.05) is 44.2 Å². The molecule has 5 nitrogen and oxygen atoms in total. The first-order chi connectivity index (χ1) is 9.49. The lowest BCUT2D eigenvalue weighted by atomic mass is 10.0. The van der Waals surface area contributed by atoms with Crippen molar-refractivity contribution in [3.8, 4) is 0 Å². The summed E-state index contributed by atoms with van der Waals surface area (Å²) in [6.07, 6.45) is 0.474. The van der Waals surface area contributed by atoms with Crippen LogP contribution in [0, 0.1) is 5.92 Å². The molecule has 0 saturated heterocycles. The minimum Gasteiger partial charge on any atom is -0.480 e. The minimum absolute atomic E-state index is 0.101. The molecule has 0 heterocycles. The first kappa shape index (κ1) is 16.2. The summed E-state index contributed by atoms with van der Waals surface area (Å²) in [5.74, 6) is -1.16. The molecule has 0 amide bonds. The predicted molar refractivity (Wildman–Crippen MR) is 75.1 cm³/mol. The molecule has 0 aliphatic heterocycles. The number of ether oxygens (including phenoxy) is 1. The van der Waals surface area contributed by atoms with Crippen LogP contribution in [-0.4, -0.2) is 29.6 Å². The lowest BCUT2D eigenvalue weighted by molar-refractivity contribution is -0.145. The molecule has 0 radical (unpaired) electrons. The van der Waals surface area contributed by atoms with Crippen molar-refractivity contribution in [1.29, 1.82) is 0 Å². The number of carbonyl (C=O) groups is 2. The number of carbonyl (C=O) groups excluding carboxylic acids is 1. The number of esters is 1. The van der Waals surface area contributed by atoms with Gasteiger partial charge in [-0.15, -0.1) is 0 Å². The second-order valence-corrected chi connectivity index (χ2v) is 5.05. The van der Waals surface area contributed by atoms with Crippen molar-refractivity contribution in [2.75, 3.05) is 6.54 Å². The molecule has 2 N–H and O–H groups in total. The number of aliphatic carboxylic acids is 1. The highest BCUT2D eigenvalue weighted by Crippen LogP contribution is 2.05. The summed E-state index contributed by atoms with van der Waals surface area (Å²) >= 11 is 0. The van der Waals surface area contributed by atoms with E-state index >= 15 is 0 Å². The quantitative estimate of drug-likeness (QED) is 0.710. The smallest absolute Gasteiger partial charge is 0.320 e. The van der Waals surface area contributed by atoms with Crippen LogP contribution in [0.1, 0.15) is 25.8 Å². The van der Waals surface area contributed by atoms with Gasteiger partial charge in [0.05, 0.1) is 6.54 Å². The average Bonchev–Trinajstić information content (AvgIpc) is 2.41. The fraction of sp³-hybridized carbons (Fsp3) is 0.467. The Morgan fingerprint density at radius 2 is 1.90 bits per heavy atom. The number of benzene rings is 1. The normalized spacial score (nSPS) is 12.2. The third kappa shape index (κ3) is 6.33. The molecule has 20 heavy (non-hydrogen) atoms. The summed E-state index contributed by atoms with van der Waals surface area (Å²) in [5.41, 5.74) is 0.901. The van der Waals surface area contributed by atoms with Crippen molar-refractivity contribution in [1.82, 2.24) is 5.32 Å². The molecule has 0 fully saturated rings. The second kappa shape index (κ2) is 8.32. The summed E-state index contributed by atoms with van der Waals surface area (Å²) in [6.45, 7) is 3.97. The zero-order valence-electron chi connectivity index (χ0n) is 11.8. The second-order valence-electron chi connectivity index (χ2n) is 5.05. The lowest BCUT2D eigenvalue weighted by Crippen LogP contribution is -2.41. The fourth-order valence-electron chi connectivity index (χ4n) is 1.74. The number of hydrogen-bond donors (Lipinski definition) is 2. The van der Waals surface area contributed by atoms with E-state index in [1.165, 1.54) is 0 Å². The first-order valence-corrected chi connectivity index (χ1v) is 6.64. The Labute approximate surface area is 118 Å². The van der Waals surface area contributed by atoms with Crippen molar-refractivity contribution in [2.24, 2.45) is 5.92 Å². The highest BCUT2D eigenvalue weighted by atomic mass is 16.5. The first-order valence-electron chi connectivity index (χ1n) is 6.64. The molecule has 0 aromatic heterocycles. The van der Waals surface area contributed by atoms with Gasteiger partial charge in [0.1, 0.15) is 12.6 Å².